The second kappa shape index (κ2) is 26.6. The molecule has 1 fully saturated rings. The first kappa shape index (κ1) is 63.3. The third-order valence-electron chi connectivity index (χ3n) is 15.9. The molecule has 0 amide bonds. The van der Waals surface area contributed by atoms with Gasteiger partial charge in [0.2, 0.25) is 0 Å². The lowest BCUT2D eigenvalue weighted by molar-refractivity contribution is -0.237. The van der Waals surface area contributed by atoms with Crippen molar-refractivity contribution in [2.75, 3.05) is 27.8 Å². The lowest BCUT2D eigenvalue weighted by Gasteiger charge is -2.51. The van der Waals surface area contributed by atoms with Crippen molar-refractivity contribution in [2.45, 2.75) is 228 Å². The van der Waals surface area contributed by atoms with Crippen molar-refractivity contribution < 1.29 is 42.1 Å². The van der Waals surface area contributed by atoms with Crippen LogP contribution in [0, 0.1) is 41.4 Å². The van der Waals surface area contributed by atoms with E-state index in [0.29, 0.717) is 6.42 Å². The molecule has 0 saturated carbocycles. The maximum atomic E-state index is 11.6. The van der Waals surface area contributed by atoms with Gasteiger partial charge in [0.25, 0.3) is 0 Å². The van der Waals surface area contributed by atoms with Gasteiger partial charge in [0.05, 0.1) is 36.6 Å². The maximum Gasteiger partial charge on any atom is 0.195 e. The highest BCUT2D eigenvalue weighted by Gasteiger charge is 2.51. The van der Waals surface area contributed by atoms with Crippen LogP contribution in [-0.4, -0.2) is 101 Å². The van der Waals surface area contributed by atoms with Crippen molar-refractivity contribution in [2.24, 2.45) is 41.4 Å². The highest BCUT2D eigenvalue weighted by molar-refractivity contribution is 6.75. The van der Waals surface area contributed by atoms with Gasteiger partial charge < -0.3 is 42.1 Å². The molecule has 0 bridgehead atoms. The molecule has 0 spiro atoms. The second-order valence-corrected chi connectivity index (χ2v) is 39.1. The van der Waals surface area contributed by atoms with Gasteiger partial charge in [0, 0.05) is 56.1 Å². The third-order valence-corrected chi connectivity index (χ3v) is 29.2. The minimum absolute atomic E-state index is 0.0225. The Kier molecular flexibility index (Phi) is 25.5. The first-order valence-corrected chi connectivity index (χ1v) is 33.9. The van der Waals surface area contributed by atoms with E-state index < -0.39 is 31.1 Å². The third kappa shape index (κ3) is 18.8. The number of ether oxygens (including phenoxy) is 5. The van der Waals surface area contributed by atoms with E-state index in [0.717, 1.165) is 6.42 Å². The van der Waals surface area contributed by atoms with E-state index in [9.17, 15) is 5.11 Å². The van der Waals surface area contributed by atoms with Gasteiger partial charge in [0.1, 0.15) is 13.6 Å². The van der Waals surface area contributed by atoms with Crippen molar-refractivity contribution in [3.8, 4) is 0 Å². The Morgan fingerprint density at radius 2 is 1.20 bits per heavy atom. The molecule has 0 aromatic carbocycles. The molecule has 388 valence electrons. The van der Waals surface area contributed by atoms with Gasteiger partial charge in [-0.2, -0.15) is 0 Å². The summed E-state index contributed by atoms with van der Waals surface area (Å²) >= 11 is 0. The average Bonchev–Trinajstić information content (AvgIpc) is 3.18. The molecule has 0 aromatic heterocycles. The molecule has 1 aliphatic heterocycles. The predicted octanol–water partition coefficient (Wildman–Crippen LogP) is 14.3. The van der Waals surface area contributed by atoms with E-state index in [4.69, 9.17) is 37.0 Å². The summed E-state index contributed by atoms with van der Waals surface area (Å²) in [6, 6.07) is 0. The zero-order valence-corrected chi connectivity index (χ0v) is 50.3. The van der Waals surface area contributed by atoms with E-state index in [1.807, 2.05) is 12.2 Å². The summed E-state index contributed by atoms with van der Waals surface area (Å²) < 4.78 is 52.4. The molecule has 1 N–H and O–H groups in total. The Hall–Kier alpha value is -0.749. The van der Waals surface area contributed by atoms with Gasteiger partial charge in [-0.3, -0.25) is 0 Å². The van der Waals surface area contributed by atoms with Crippen LogP contribution in [-0.2, 0) is 37.0 Å². The molecule has 0 unspecified atom stereocenters. The fraction of sp³-hybridized carbons (Fsp3) is 0.852. The van der Waals surface area contributed by atoms with Crippen LogP contribution in [0.3, 0.4) is 0 Å². The molecular weight excluding hydrogens is 877 g/mol. The molecule has 9 nitrogen and oxygen atoms in total. The monoisotopic (exact) mass is 983 g/mol. The molecule has 1 heterocycles. The van der Waals surface area contributed by atoms with Gasteiger partial charge in [-0.05, 0) is 73.7 Å². The number of aliphatic hydroxyl groups excluding tert-OH is 1. The zero-order chi connectivity index (χ0) is 51.4. The standard InChI is InChI=1S/C54H106O9Si3/c1-27-28-29-38(3)47(55)43(8)49(61-64(21,22)52(10,11)12)41(6)33-37(2)32-40(5)48(59-36-57-20)39(4)30-31-45(58-35-56-19)34-46-42(7)50(62-65(23,24)53(13,14)15)44(9)51(60-46)63-66(25,26)54(16,17)18/h27-32,38-51,55H,1,33-36H2,2-26H3/b29-28-,31-30-,37-32-/t38-,39-,40-,41-,42-,43+,44+,45+,46-,47-,48-,49+,50-,51-/m0/s1. The van der Waals surface area contributed by atoms with Crippen molar-refractivity contribution >= 4 is 25.0 Å². The van der Waals surface area contributed by atoms with Gasteiger partial charge in [-0.15, -0.1) is 0 Å². The Bertz CT molecular complexity index is 1510. The minimum Gasteiger partial charge on any atom is -0.413 e. The van der Waals surface area contributed by atoms with E-state index >= 15 is 0 Å². The fourth-order valence-corrected chi connectivity index (χ4v) is 12.5. The van der Waals surface area contributed by atoms with Crippen molar-refractivity contribution in [1.29, 1.82) is 0 Å². The van der Waals surface area contributed by atoms with Crippen molar-refractivity contribution in [1.82, 2.24) is 0 Å². The first-order valence-electron chi connectivity index (χ1n) is 25.2. The SMILES string of the molecule is C=C/C=C\[C@H](C)[C@H](O)[C@@H](C)[C@H](O[Si](C)(C)C(C)(C)C)[C@@H](C)C/C(C)=C\[C@H](C)[C@@H](OCOC)[C@@H](C)/C=C\[C@H](C[C@@H]1O[C@@H](O[Si](C)(C)C(C)(C)C)[C@H](C)[C@@H](O[Si](C)(C)C(C)(C)C)[C@H]1C)OCOC. The molecule has 1 saturated heterocycles. The van der Waals surface area contributed by atoms with E-state index in [2.05, 4.69) is 182 Å². The maximum absolute atomic E-state index is 11.6. The van der Waals surface area contributed by atoms with Crippen LogP contribution in [0.25, 0.3) is 0 Å². The molecule has 14 atom stereocenters. The zero-order valence-electron chi connectivity index (χ0n) is 47.3. The molecular formula is C54H106O9Si3. The predicted molar refractivity (Wildman–Crippen MR) is 286 cm³/mol. The number of methoxy groups -OCH3 is 2. The van der Waals surface area contributed by atoms with E-state index in [1.54, 1.807) is 20.3 Å². The van der Waals surface area contributed by atoms with Crippen LogP contribution in [0.15, 0.2) is 48.6 Å². The molecule has 12 heteroatoms. The molecule has 66 heavy (non-hydrogen) atoms. The van der Waals surface area contributed by atoms with Crippen LogP contribution in [0.1, 0.15) is 131 Å². The number of hydrogen-bond acceptors (Lipinski definition) is 9. The number of aliphatic hydroxyl groups is 1. The van der Waals surface area contributed by atoms with Crippen LogP contribution in [0.4, 0.5) is 0 Å². The van der Waals surface area contributed by atoms with E-state index in [-0.39, 0.29) is 107 Å². The summed E-state index contributed by atoms with van der Waals surface area (Å²) in [6.45, 7) is 56.3. The largest absolute Gasteiger partial charge is 0.413 e. The Labute approximate surface area is 411 Å². The number of allylic oxidation sites excluding steroid dienone is 3. The normalized spacial score (nSPS) is 25.4. The van der Waals surface area contributed by atoms with E-state index in [1.165, 1.54) is 5.57 Å². The van der Waals surface area contributed by atoms with Crippen LogP contribution < -0.4 is 0 Å². The molecule has 0 radical (unpaired) electrons. The number of rotatable bonds is 27. The fourth-order valence-electron chi connectivity index (χ4n) is 8.33. The van der Waals surface area contributed by atoms with Crippen LogP contribution in [0.5, 0.6) is 0 Å². The highest BCUT2D eigenvalue weighted by atomic mass is 28.4. The summed E-state index contributed by atoms with van der Waals surface area (Å²) in [5, 5.41) is 11.7. The van der Waals surface area contributed by atoms with Gasteiger partial charge in [-0.1, -0.05) is 159 Å². The molecule has 1 aliphatic rings. The topological polar surface area (TPSA) is 94.1 Å². The second-order valence-electron chi connectivity index (χ2n) is 24.8. The summed E-state index contributed by atoms with van der Waals surface area (Å²) in [5.41, 5.74) is 1.27. The highest BCUT2D eigenvalue weighted by Crippen LogP contribution is 2.46. The molecule has 1 rings (SSSR count). The van der Waals surface area contributed by atoms with Crippen LogP contribution in [0.2, 0.25) is 54.4 Å². The number of hydrogen-bond donors (Lipinski definition) is 1. The molecule has 0 aromatic rings. The lowest BCUT2D eigenvalue weighted by Crippen LogP contribution is -2.58. The van der Waals surface area contributed by atoms with Gasteiger partial charge >= 0.3 is 0 Å². The lowest BCUT2D eigenvalue weighted by atomic mass is 9.81. The summed E-state index contributed by atoms with van der Waals surface area (Å²) in [5.74, 6) is 0.332. The van der Waals surface area contributed by atoms with Crippen molar-refractivity contribution in [3.63, 3.8) is 0 Å². The Balaban J connectivity index is 3.56. The van der Waals surface area contributed by atoms with Gasteiger partial charge in [0.15, 0.2) is 31.2 Å². The molecule has 0 aliphatic carbocycles. The Morgan fingerprint density at radius 3 is 1.70 bits per heavy atom. The van der Waals surface area contributed by atoms with Crippen LogP contribution >= 0.6 is 0 Å². The first-order chi connectivity index (χ1) is 30.0. The summed E-state index contributed by atoms with van der Waals surface area (Å²) in [7, 11) is -3.14. The van der Waals surface area contributed by atoms with Gasteiger partial charge in [-0.25, -0.2) is 0 Å². The summed E-state index contributed by atoms with van der Waals surface area (Å²) in [6.07, 6.45) is 12.2. The Morgan fingerprint density at radius 1 is 0.682 bits per heavy atom. The smallest absolute Gasteiger partial charge is 0.195 e. The quantitative estimate of drug-likeness (QED) is 0.0374. The minimum atomic E-state index is -2.18. The summed E-state index contributed by atoms with van der Waals surface area (Å²) in [4.78, 5) is 0. The van der Waals surface area contributed by atoms with Crippen molar-refractivity contribution in [3.05, 3.63) is 48.6 Å². The average molecular weight is 984 g/mol.